The molecule has 0 rings (SSSR count). The van der Waals surface area contributed by atoms with Gasteiger partial charge in [0.1, 0.15) is 19.8 Å². The van der Waals surface area contributed by atoms with E-state index in [2.05, 4.69) is 38.2 Å². The summed E-state index contributed by atoms with van der Waals surface area (Å²) in [5.74, 6) is -0.845. The molecule has 0 heterocycles. The van der Waals surface area contributed by atoms with Crippen molar-refractivity contribution in [1.82, 2.24) is 0 Å². The molecule has 0 spiro atoms. The van der Waals surface area contributed by atoms with Crippen molar-refractivity contribution in [2.45, 2.75) is 200 Å². The normalized spacial score (nSPS) is 13.8. The van der Waals surface area contributed by atoms with Gasteiger partial charge in [0, 0.05) is 12.8 Å². The number of phosphoric acid groups is 1. The van der Waals surface area contributed by atoms with E-state index < -0.39 is 32.5 Å². The second-order valence-corrected chi connectivity index (χ2v) is 17.5. The average molecular weight is 786 g/mol. The van der Waals surface area contributed by atoms with Crippen LogP contribution in [0.1, 0.15) is 194 Å². The lowest BCUT2D eigenvalue weighted by Gasteiger charge is -2.28. The number of rotatable bonds is 40. The summed E-state index contributed by atoms with van der Waals surface area (Å²) in [7, 11) is 1.16. The minimum atomic E-state index is -4.62. The second kappa shape index (κ2) is 37.1. The number of unbranched alkanes of at least 4 members (excludes halogenated alkanes) is 22. The van der Waals surface area contributed by atoms with Crippen LogP contribution in [0.25, 0.3) is 0 Å². The Labute approximate surface area is 332 Å². The third kappa shape index (κ3) is 40.2. The maximum Gasteiger partial charge on any atom is 0.306 e. The Morgan fingerprint density at radius 1 is 0.556 bits per heavy atom. The Kier molecular flexibility index (Phi) is 36.1. The van der Waals surface area contributed by atoms with Gasteiger partial charge in [-0.3, -0.25) is 14.2 Å². The van der Waals surface area contributed by atoms with Crippen molar-refractivity contribution in [2.75, 3.05) is 47.5 Å². The number of phosphoric ester groups is 1. The Morgan fingerprint density at radius 3 is 1.37 bits per heavy atom. The molecule has 0 fully saturated rings. The average Bonchev–Trinajstić information content (AvgIpc) is 3.12. The lowest BCUT2D eigenvalue weighted by molar-refractivity contribution is -0.870. The van der Waals surface area contributed by atoms with Gasteiger partial charge in [0.25, 0.3) is 7.82 Å². The predicted molar refractivity (Wildman–Crippen MR) is 222 cm³/mol. The van der Waals surface area contributed by atoms with Crippen LogP contribution in [-0.4, -0.2) is 70.0 Å². The van der Waals surface area contributed by atoms with Crippen LogP contribution < -0.4 is 4.89 Å². The highest BCUT2D eigenvalue weighted by Crippen LogP contribution is 2.38. The first-order valence-corrected chi connectivity index (χ1v) is 23.5. The SMILES string of the molecule is CCCCCCC/C=C\CCCCCCCCC(=O)OC[C@H](COP(=O)([O-])OCC[N+](C)(C)C)OC(=O)CCCCCCCC/C=C\CCCCCCC. The van der Waals surface area contributed by atoms with Crippen molar-refractivity contribution in [3.63, 3.8) is 0 Å². The van der Waals surface area contributed by atoms with E-state index in [0.717, 1.165) is 57.8 Å². The molecule has 0 radical (unpaired) electrons. The molecule has 0 aromatic rings. The zero-order chi connectivity index (χ0) is 40.0. The van der Waals surface area contributed by atoms with E-state index in [1.54, 1.807) is 0 Å². The molecule has 318 valence electrons. The van der Waals surface area contributed by atoms with Crippen molar-refractivity contribution < 1.29 is 42.1 Å². The van der Waals surface area contributed by atoms with Crippen molar-refractivity contribution >= 4 is 19.8 Å². The zero-order valence-electron chi connectivity index (χ0n) is 35.7. The van der Waals surface area contributed by atoms with Crippen LogP contribution in [0.3, 0.4) is 0 Å². The van der Waals surface area contributed by atoms with Gasteiger partial charge in [0.15, 0.2) is 6.10 Å². The van der Waals surface area contributed by atoms with E-state index in [1.807, 2.05) is 21.1 Å². The molecule has 0 aromatic heterocycles. The Balaban J connectivity index is 4.37. The number of nitrogens with zero attached hydrogens (tertiary/aromatic N) is 1. The Hall–Kier alpha value is -1.51. The van der Waals surface area contributed by atoms with E-state index >= 15 is 0 Å². The number of carbonyl (C=O) groups excluding carboxylic acids is 2. The Bertz CT molecular complexity index is 980. The number of carbonyl (C=O) groups is 2. The van der Waals surface area contributed by atoms with Gasteiger partial charge in [0.05, 0.1) is 27.7 Å². The minimum absolute atomic E-state index is 0.0318. The maximum atomic E-state index is 12.7. The summed E-state index contributed by atoms with van der Waals surface area (Å²) in [6, 6.07) is 0. The maximum absolute atomic E-state index is 12.7. The number of hydrogen-bond acceptors (Lipinski definition) is 8. The molecule has 0 aromatic carbocycles. The third-order valence-electron chi connectivity index (χ3n) is 9.44. The van der Waals surface area contributed by atoms with Crippen LogP contribution in [-0.2, 0) is 32.7 Å². The summed E-state index contributed by atoms with van der Waals surface area (Å²) in [5.41, 5.74) is 0. The molecule has 0 aliphatic rings. The number of esters is 2. The summed E-state index contributed by atoms with van der Waals surface area (Å²) in [6.45, 7) is 4.20. The van der Waals surface area contributed by atoms with E-state index in [0.29, 0.717) is 17.4 Å². The quantitative estimate of drug-likeness (QED) is 0.0198. The molecule has 0 N–H and O–H groups in total. The second-order valence-electron chi connectivity index (χ2n) is 16.1. The van der Waals surface area contributed by atoms with E-state index in [-0.39, 0.29) is 26.1 Å². The summed E-state index contributed by atoms with van der Waals surface area (Å²) in [6.07, 6.45) is 39.1. The van der Waals surface area contributed by atoms with Crippen LogP contribution in [0, 0.1) is 0 Å². The topological polar surface area (TPSA) is 111 Å². The first kappa shape index (κ1) is 52.5. The van der Waals surface area contributed by atoms with Crippen molar-refractivity contribution in [2.24, 2.45) is 0 Å². The van der Waals surface area contributed by atoms with Crippen LogP contribution >= 0.6 is 7.82 Å². The number of allylic oxidation sites excluding steroid dienone is 4. The monoisotopic (exact) mass is 786 g/mol. The first-order valence-electron chi connectivity index (χ1n) is 22.0. The van der Waals surface area contributed by atoms with Crippen molar-refractivity contribution in [3.05, 3.63) is 24.3 Å². The minimum Gasteiger partial charge on any atom is -0.756 e. The zero-order valence-corrected chi connectivity index (χ0v) is 36.6. The molecule has 1 unspecified atom stereocenters. The molecule has 2 atom stereocenters. The lowest BCUT2D eigenvalue weighted by atomic mass is 10.1. The highest BCUT2D eigenvalue weighted by atomic mass is 31.2. The van der Waals surface area contributed by atoms with Gasteiger partial charge in [-0.2, -0.15) is 0 Å². The van der Waals surface area contributed by atoms with Crippen molar-refractivity contribution in [1.29, 1.82) is 0 Å². The molecule has 9 nitrogen and oxygen atoms in total. The number of ether oxygens (including phenoxy) is 2. The standard InChI is InChI=1S/C44H84NO8P/c1-6-8-10-12-14-16-18-20-22-24-26-28-30-32-34-36-43(46)50-40-42(41-52-54(48,49)51-39-38-45(3,4)5)53-44(47)37-35-33-31-29-27-25-23-21-19-17-15-13-11-9-7-2/h18-21,42H,6-17,22-41H2,1-5H3/b20-18-,21-19-/t42-/m1/s1. The van der Waals surface area contributed by atoms with Gasteiger partial charge < -0.3 is 27.9 Å². The molecule has 0 aliphatic carbocycles. The highest BCUT2D eigenvalue weighted by Gasteiger charge is 2.21. The summed E-state index contributed by atoms with van der Waals surface area (Å²) < 4.78 is 33.9. The molecule has 0 aliphatic heterocycles. The largest absolute Gasteiger partial charge is 0.756 e. The predicted octanol–water partition coefficient (Wildman–Crippen LogP) is 11.7. The summed E-state index contributed by atoms with van der Waals surface area (Å²) >= 11 is 0. The summed E-state index contributed by atoms with van der Waals surface area (Å²) in [4.78, 5) is 37.5. The van der Waals surface area contributed by atoms with Crippen molar-refractivity contribution in [3.8, 4) is 0 Å². The smallest absolute Gasteiger partial charge is 0.306 e. The van der Waals surface area contributed by atoms with Crippen LogP contribution in [0.4, 0.5) is 0 Å². The molecule has 0 saturated heterocycles. The van der Waals surface area contributed by atoms with Crippen LogP contribution in [0.2, 0.25) is 0 Å². The molecule has 0 amide bonds. The number of quaternary nitrogens is 1. The van der Waals surface area contributed by atoms with Crippen LogP contribution in [0.5, 0.6) is 0 Å². The first-order chi connectivity index (χ1) is 26.0. The van der Waals surface area contributed by atoms with Gasteiger partial charge in [-0.05, 0) is 64.2 Å². The summed E-state index contributed by atoms with van der Waals surface area (Å²) in [5, 5.41) is 0. The van der Waals surface area contributed by atoms with E-state index in [1.165, 1.54) is 103 Å². The fourth-order valence-electron chi connectivity index (χ4n) is 5.94. The highest BCUT2D eigenvalue weighted by molar-refractivity contribution is 7.45. The number of hydrogen-bond donors (Lipinski definition) is 0. The fraction of sp³-hybridized carbons (Fsp3) is 0.864. The third-order valence-corrected chi connectivity index (χ3v) is 10.4. The number of likely N-dealkylation sites (N-methyl/N-ethyl adjacent to an activating group) is 1. The van der Waals surface area contributed by atoms with Gasteiger partial charge in [-0.15, -0.1) is 0 Å². The molecule has 0 bridgehead atoms. The Morgan fingerprint density at radius 2 is 0.944 bits per heavy atom. The van der Waals surface area contributed by atoms with Gasteiger partial charge >= 0.3 is 11.9 Å². The molecule has 54 heavy (non-hydrogen) atoms. The molecule has 0 saturated carbocycles. The van der Waals surface area contributed by atoms with E-state index in [4.69, 9.17) is 18.5 Å². The van der Waals surface area contributed by atoms with Gasteiger partial charge in [0.2, 0.25) is 0 Å². The van der Waals surface area contributed by atoms with E-state index in [9.17, 15) is 19.0 Å². The molecular weight excluding hydrogens is 701 g/mol. The van der Waals surface area contributed by atoms with Crippen LogP contribution in [0.15, 0.2) is 24.3 Å². The fourth-order valence-corrected chi connectivity index (χ4v) is 6.67. The molecular formula is C44H84NO8P. The lowest BCUT2D eigenvalue weighted by Crippen LogP contribution is -2.37. The van der Waals surface area contributed by atoms with Gasteiger partial charge in [-0.25, -0.2) is 0 Å². The van der Waals surface area contributed by atoms with Gasteiger partial charge in [-0.1, -0.05) is 141 Å². The molecule has 10 heteroatoms.